The summed E-state index contributed by atoms with van der Waals surface area (Å²) in [7, 11) is 0. The molecule has 15 rings (SSSR count). The maximum Gasteiger partial charge on any atom is -0.0000665 e. The van der Waals surface area contributed by atoms with Gasteiger partial charge in [0.25, 0.3) is 0 Å². The average Bonchev–Trinajstić information content (AvgIpc) is 1.95. The minimum atomic E-state index is 0.876. The van der Waals surface area contributed by atoms with Gasteiger partial charge in [0.15, 0.2) is 0 Å². The molecule has 0 fully saturated rings. The van der Waals surface area contributed by atoms with Crippen LogP contribution in [0, 0.1) is 13.8 Å². The van der Waals surface area contributed by atoms with Gasteiger partial charge in [0.2, 0.25) is 0 Å². The molecule has 14 aromatic rings. The van der Waals surface area contributed by atoms with Gasteiger partial charge in [-0.2, -0.15) is 0 Å². The third-order valence-electron chi connectivity index (χ3n) is 16.8. The third kappa shape index (κ3) is 12.0. The second-order valence-corrected chi connectivity index (χ2v) is 22.4. The molecule has 0 saturated heterocycles. The van der Waals surface area contributed by atoms with Crippen molar-refractivity contribution in [2.75, 3.05) is 0 Å². The van der Waals surface area contributed by atoms with Crippen LogP contribution in [0.4, 0.5) is 0 Å². The first-order valence-electron chi connectivity index (χ1n) is 29.8. The van der Waals surface area contributed by atoms with Gasteiger partial charge in [0, 0.05) is 0 Å². The van der Waals surface area contributed by atoms with Crippen LogP contribution in [-0.4, -0.2) is 0 Å². The van der Waals surface area contributed by atoms with Gasteiger partial charge < -0.3 is 0 Å². The number of aryl methyl sites for hydroxylation is 2. The van der Waals surface area contributed by atoms with Gasteiger partial charge in [0.05, 0.1) is 0 Å². The molecule has 0 nitrogen and oxygen atoms in total. The predicted molar refractivity (Wildman–Crippen MR) is 363 cm³/mol. The van der Waals surface area contributed by atoms with E-state index < -0.39 is 0 Å². The molecule has 406 valence electrons. The Morgan fingerprint density at radius 3 is 0.929 bits per heavy atom. The fraction of sp³-hybridized carbons (Fsp3) is 0.0588. The van der Waals surface area contributed by atoms with Crippen LogP contribution >= 0.6 is 0 Å². The molecular weight excluding hydrogens is 1020 g/mol. The Balaban J connectivity index is 0.000000146. The van der Waals surface area contributed by atoms with Crippen LogP contribution in [0.2, 0.25) is 0 Å². The molecule has 0 heteroatoms. The topological polar surface area (TPSA) is 0 Å². The quantitative estimate of drug-likeness (QED) is 0.128. The number of hydrogen-bond donors (Lipinski definition) is 0. The van der Waals surface area contributed by atoms with Crippen LogP contribution in [0.5, 0.6) is 0 Å². The Morgan fingerprint density at radius 1 is 0.235 bits per heavy atom. The molecule has 0 radical (unpaired) electrons. The molecule has 0 atom stereocenters. The third-order valence-corrected chi connectivity index (χ3v) is 16.8. The number of hydrogen-bond acceptors (Lipinski definition) is 0. The zero-order valence-corrected chi connectivity index (χ0v) is 48.3. The van der Waals surface area contributed by atoms with Crippen LogP contribution in [-0.2, 0) is 19.3 Å². The van der Waals surface area contributed by atoms with Crippen molar-refractivity contribution in [3.8, 4) is 77.9 Å². The van der Waals surface area contributed by atoms with Gasteiger partial charge in [-0.3, -0.25) is 0 Å². The van der Waals surface area contributed by atoms with E-state index in [0.29, 0.717) is 0 Å². The van der Waals surface area contributed by atoms with E-state index in [1.54, 1.807) is 0 Å². The number of fused-ring (bicyclic) bond motifs is 1. The summed E-state index contributed by atoms with van der Waals surface area (Å²) >= 11 is 0. The van der Waals surface area contributed by atoms with E-state index in [4.69, 9.17) is 0 Å². The standard InChI is InChI=1S/C47H34.C25H20.C13H12/c1-31-27-42(35-15-7-3-8-16-35)44-30-45-43(36-17-9-4-10-18-36)29-37(28-32-23-25-34(26-24-32)33-13-5-2-6-14-33)39-20-12-22-41(47(39)45)40-21-11-19-38(31)46(40)44;1-3-7-22(8-4-1)24-15-11-20(12-16-24)19-21-13-17-25(18-14-21)23-9-5-2-6-10-23;1-11-7-9-13(10-8-11)12-5-3-2-4-6-12/h2-27,29H,28,30H2,1H3;1-18H,19H2;2-10H,1H3. The molecule has 14 aromatic carbocycles. The van der Waals surface area contributed by atoms with Crippen molar-refractivity contribution < 1.29 is 0 Å². The summed E-state index contributed by atoms with van der Waals surface area (Å²) in [6.45, 7) is 4.37. The van der Waals surface area contributed by atoms with Crippen molar-refractivity contribution in [1.82, 2.24) is 0 Å². The first kappa shape index (κ1) is 53.9. The van der Waals surface area contributed by atoms with Crippen LogP contribution in [0.3, 0.4) is 0 Å². The Hall–Kier alpha value is -10.4. The lowest BCUT2D eigenvalue weighted by molar-refractivity contribution is 1.19. The predicted octanol–water partition coefficient (Wildman–Crippen LogP) is 22.7. The molecule has 1 aliphatic carbocycles. The minimum Gasteiger partial charge on any atom is -0.0622 e. The van der Waals surface area contributed by atoms with Crippen molar-refractivity contribution in [3.05, 3.63) is 372 Å². The molecule has 0 unspecified atom stereocenters. The highest BCUT2D eigenvalue weighted by Crippen LogP contribution is 2.48. The maximum absolute atomic E-state index is 2.49. The smallest absolute Gasteiger partial charge is 0.0000665 e. The molecule has 0 N–H and O–H groups in total. The Bertz CT molecular complexity index is 4430. The number of rotatable bonds is 10. The summed E-state index contributed by atoms with van der Waals surface area (Å²) in [6.07, 6.45) is 2.71. The zero-order valence-electron chi connectivity index (χ0n) is 48.3. The molecule has 0 aromatic heterocycles. The van der Waals surface area contributed by atoms with Crippen molar-refractivity contribution in [1.29, 1.82) is 0 Å². The van der Waals surface area contributed by atoms with Gasteiger partial charge in [-0.25, -0.2) is 0 Å². The molecule has 85 heavy (non-hydrogen) atoms. The van der Waals surface area contributed by atoms with Gasteiger partial charge >= 0.3 is 0 Å². The summed E-state index contributed by atoms with van der Waals surface area (Å²) in [4.78, 5) is 0. The van der Waals surface area contributed by atoms with Crippen molar-refractivity contribution in [3.63, 3.8) is 0 Å². The van der Waals surface area contributed by atoms with Crippen molar-refractivity contribution >= 4 is 21.5 Å². The molecule has 0 aliphatic heterocycles. The largest absolute Gasteiger partial charge is 0.0622 e. The van der Waals surface area contributed by atoms with Crippen LogP contribution in [0.25, 0.3) is 99.4 Å². The molecule has 0 bridgehead atoms. The van der Waals surface area contributed by atoms with E-state index in [0.717, 1.165) is 19.3 Å². The summed E-state index contributed by atoms with van der Waals surface area (Å²) in [5, 5.41) is 5.49. The Morgan fingerprint density at radius 2 is 0.541 bits per heavy atom. The molecular formula is C85H66. The lowest BCUT2D eigenvalue weighted by atomic mass is 9.84. The fourth-order valence-corrected chi connectivity index (χ4v) is 12.4. The van der Waals surface area contributed by atoms with E-state index in [1.165, 1.54) is 144 Å². The van der Waals surface area contributed by atoms with Crippen LogP contribution in [0.1, 0.15) is 44.5 Å². The van der Waals surface area contributed by atoms with E-state index >= 15 is 0 Å². The SMILES string of the molecule is Cc1cc(-c2ccccc2)c2c3c(cccc13)-c1cccc3c(Cc4ccc(-c5ccccc5)cc4)cc(-c4ccccc4)c(c13)C2.Cc1ccc(-c2ccccc2)cc1.c1ccc(-c2ccc(Cc3ccc(-c4ccccc4)cc3)cc2)cc1. The van der Waals surface area contributed by atoms with Crippen molar-refractivity contribution in [2.24, 2.45) is 0 Å². The fourth-order valence-electron chi connectivity index (χ4n) is 12.4. The van der Waals surface area contributed by atoms with Crippen LogP contribution in [0.15, 0.2) is 328 Å². The first-order chi connectivity index (χ1) is 42.0. The normalized spacial score (nSPS) is 11.2. The van der Waals surface area contributed by atoms with E-state index in [1.807, 2.05) is 6.07 Å². The highest BCUT2D eigenvalue weighted by atomic mass is 14.3. The lowest BCUT2D eigenvalue weighted by Crippen LogP contribution is -2.00. The first-order valence-corrected chi connectivity index (χ1v) is 29.8. The van der Waals surface area contributed by atoms with Crippen LogP contribution < -0.4 is 0 Å². The van der Waals surface area contributed by atoms with Gasteiger partial charge in [0.1, 0.15) is 0 Å². The second kappa shape index (κ2) is 25.0. The van der Waals surface area contributed by atoms with Crippen molar-refractivity contribution in [2.45, 2.75) is 33.1 Å². The van der Waals surface area contributed by atoms with Gasteiger partial charge in [-0.15, -0.1) is 0 Å². The Labute approximate surface area is 501 Å². The second-order valence-electron chi connectivity index (χ2n) is 22.4. The average molecular weight is 1090 g/mol. The summed E-state index contributed by atoms with van der Waals surface area (Å²) in [5.41, 5.74) is 28.9. The monoisotopic (exact) mass is 1090 g/mol. The molecule has 0 saturated carbocycles. The molecule has 0 heterocycles. The summed E-state index contributed by atoms with van der Waals surface area (Å²) in [6, 6.07) is 118. The molecule has 0 spiro atoms. The van der Waals surface area contributed by atoms with Gasteiger partial charge in [-0.1, -0.05) is 327 Å². The van der Waals surface area contributed by atoms with E-state index in [9.17, 15) is 0 Å². The van der Waals surface area contributed by atoms with E-state index in [-0.39, 0.29) is 0 Å². The Kier molecular flexibility index (Phi) is 15.8. The van der Waals surface area contributed by atoms with Gasteiger partial charge in [-0.05, 0) is 178 Å². The highest BCUT2D eigenvalue weighted by molar-refractivity contribution is 6.14. The maximum atomic E-state index is 2.49. The minimum absolute atomic E-state index is 0.876. The molecule has 1 aliphatic rings. The molecule has 0 amide bonds. The summed E-state index contributed by atoms with van der Waals surface area (Å²) in [5.74, 6) is 0. The lowest BCUT2D eigenvalue weighted by Gasteiger charge is -2.19. The summed E-state index contributed by atoms with van der Waals surface area (Å²) < 4.78 is 0. The number of benzene rings is 14. The van der Waals surface area contributed by atoms with E-state index in [2.05, 4.69) is 335 Å². The highest BCUT2D eigenvalue weighted by Gasteiger charge is 2.26. The zero-order chi connectivity index (χ0) is 57.3.